The van der Waals surface area contributed by atoms with Crippen LogP contribution in [0, 0.1) is 20.2 Å². The van der Waals surface area contributed by atoms with Crippen LogP contribution in [0.2, 0.25) is 0 Å². The molecular formula is C42H46N4O10. The van der Waals surface area contributed by atoms with Crippen LogP contribution in [-0.2, 0) is 48.1 Å². The third-order valence-electron chi connectivity index (χ3n) is 11.1. The molecule has 0 radical (unpaired) electrons. The van der Waals surface area contributed by atoms with Crippen LogP contribution < -0.4 is 0 Å². The second-order valence-corrected chi connectivity index (χ2v) is 14.4. The lowest BCUT2D eigenvalue weighted by atomic mass is 9.76. The average Bonchev–Trinajstić information content (AvgIpc) is 3.23. The smallest absolute Gasteiger partial charge is 0.303 e. The zero-order valence-electron chi connectivity index (χ0n) is 31.1. The van der Waals surface area contributed by atoms with Crippen molar-refractivity contribution in [1.82, 2.24) is 0 Å². The zero-order valence-corrected chi connectivity index (χ0v) is 31.1. The number of azo groups is 1. The molecule has 4 atom stereocenters. The first-order valence-corrected chi connectivity index (χ1v) is 19.2. The number of aromatic hydroxyl groups is 1. The second kappa shape index (κ2) is 17.8. The maximum absolute atomic E-state index is 12.0. The largest absolute Gasteiger partial charge is 0.507 e. The lowest BCUT2D eigenvalue weighted by molar-refractivity contribution is -0.393. The molecule has 294 valence electrons. The van der Waals surface area contributed by atoms with Gasteiger partial charge in [-0.3, -0.25) is 20.2 Å². The molecule has 7 rings (SSSR count). The molecular weight excluding hydrogens is 720 g/mol. The molecule has 14 heteroatoms. The van der Waals surface area contributed by atoms with Crippen LogP contribution >= 0.6 is 0 Å². The molecule has 2 bridgehead atoms. The monoisotopic (exact) mass is 766 g/mol. The summed E-state index contributed by atoms with van der Waals surface area (Å²) in [7, 11) is 0. The summed E-state index contributed by atoms with van der Waals surface area (Å²) in [5.41, 5.74) is 0.194. The topological polar surface area (TPSA) is 177 Å². The van der Waals surface area contributed by atoms with Crippen LogP contribution in [0.15, 0.2) is 101 Å². The van der Waals surface area contributed by atoms with Crippen molar-refractivity contribution >= 4 is 22.7 Å². The van der Waals surface area contributed by atoms with E-state index in [9.17, 15) is 25.3 Å². The van der Waals surface area contributed by atoms with Crippen LogP contribution in [0.25, 0.3) is 0 Å². The number of nitro benzene ring substituents is 2. The summed E-state index contributed by atoms with van der Waals surface area (Å²) in [6, 6.07) is 26.4. The van der Waals surface area contributed by atoms with Gasteiger partial charge in [0.15, 0.2) is 5.69 Å². The van der Waals surface area contributed by atoms with Gasteiger partial charge in [0.2, 0.25) is 0 Å². The third kappa shape index (κ3) is 8.49. The van der Waals surface area contributed by atoms with Crippen molar-refractivity contribution in [3.05, 3.63) is 133 Å². The van der Waals surface area contributed by atoms with Gasteiger partial charge in [-0.25, -0.2) is 0 Å². The highest BCUT2D eigenvalue weighted by atomic mass is 16.6. The molecule has 14 nitrogen and oxygen atoms in total. The van der Waals surface area contributed by atoms with E-state index in [0.29, 0.717) is 50.4 Å². The minimum Gasteiger partial charge on any atom is -0.507 e. The highest BCUT2D eigenvalue weighted by molar-refractivity contribution is 5.62. The number of fused-ring (bicyclic) bond motifs is 4. The average molecular weight is 767 g/mol. The van der Waals surface area contributed by atoms with Crippen molar-refractivity contribution in [3.63, 3.8) is 0 Å². The lowest BCUT2D eigenvalue weighted by Crippen LogP contribution is -2.47. The van der Waals surface area contributed by atoms with Crippen LogP contribution in [-0.4, -0.2) is 53.6 Å². The standard InChI is InChI=1S/C42H46N4O10/c47-40-30-25-34(43-44-36-18-17-35(45(48)49)27-37(36)46(50)51)26-31(40)29-56-42(33-13-5-2-6-14-33)20-10-8-16-39(42)54-24-22-52-21-23-53-38-15-7-9-19-41(38,55-28-30)32-11-3-1-4-12-32/h1-6,11-14,17-18,25-27,38-39,47H,7-10,15-16,19-24,28-29H2/t38-,39-,41-,42-/m0/s1. The van der Waals surface area contributed by atoms with Gasteiger partial charge in [-0.1, -0.05) is 86.3 Å². The predicted molar refractivity (Wildman–Crippen MR) is 205 cm³/mol. The highest BCUT2D eigenvalue weighted by Crippen LogP contribution is 2.46. The fourth-order valence-electron chi connectivity index (χ4n) is 8.26. The number of nitrogens with zero attached hydrogens (tertiary/aromatic N) is 4. The Bertz CT molecular complexity index is 1920. The van der Waals surface area contributed by atoms with Crippen molar-refractivity contribution in [2.75, 3.05) is 26.4 Å². The molecule has 1 aliphatic heterocycles. The summed E-state index contributed by atoms with van der Waals surface area (Å²) in [5.74, 6) is -0.0345. The van der Waals surface area contributed by atoms with Gasteiger partial charge in [0.05, 0.1) is 73.4 Å². The van der Waals surface area contributed by atoms with E-state index < -0.39 is 32.4 Å². The molecule has 56 heavy (non-hydrogen) atoms. The molecule has 0 aromatic heterocycles. The Hall–Kier alpha value is -5.12. The van der Waals surface area contributed by atoms with Crippen molar-refractivity contribution in [2.24, 2.45) is 10.2 Å². The normalized spacial score (nSPS) is 25.3. The highest BCUT2D eigenvalue weighted by Gasteiger charge is 2.46. The number of hydrogen-bond donors (Lipinski definition) is 1. The molecule has 2 fully saturated rings. The van der Waals surface area contributed by atoms with Gasteiger partial charge in [0, 0.05) is 17.2 Å². The number of rotatable bonds is 6. The van der Waals surface area contributed by atoms with Gasteiger partial charge in [-0.05, 0) is 55.0 Å². The number of phenols is 1. The van der Waals surface area contributed by atoms with Crippen molar-refractivity contribution < 1.29 is 38.6 Å². The van der Waals surface area contributed by atoms with Crippen LogP contribution in [0.3, 0.4) is 0 Å². The molecule has 0 spiro atoms. The van der Waals surface area contributed by atoms with Gasteiger partial charge in [0.1, 0.15) is 17.0 Å². The summed E-state index contributed by atoms with van der Waals surface area (Å²) in [6.45, 7) is 1.45. The quantitative estimate of drug-likeness (QED) is 0.113. The third-order valence-corrected chi connectivity index (χ3v) is 11.1. The second-order valence-electron chi connectivity index (χ2n) is 14.4. The van der Waals surface area contributed by atoms with Gasteiger partial charge in [0.25, 0.3) is 5.69 Å². The molecule has 0 saturated heterocycles. The molecule has 1 heterocycles. The Balaban J connectivity index is 1.31. The predicted octanol–water partition coefficient (Wildman–Crippen LogP) is 9.40. The Labute approximate surface area is 324 Å². The summed E-state index contributed by atoms with van der Waals surface area (Å²) < 4.78 is 33.0. The van der Waals surface area contributed by atoms with E-state index in [1.54, 1.807) is 12.1 Å². The Morgan fingerprint density at radius 1 is 0.643 bits per heavy atom. The fraction of sp³-hybridized carbons (Fsp3) is 0.429. The van der Waals surface area contributed by atoms with Gasteiger partial charge >= 0.3 is 5.69 Å². The minimum absolute atomic E-state index is 0.0271. The Morgan fingerprint density at radius 3 is 1.68 bits per heavy atom. The number of hydrogen-bond acceptors (Lipinski definition) is 12. The molecule has 4 aromatic rings. The number of ether oxygens (including phenoxy) is 5. The number of phenolic OH excluding ortho intramolecular Hbond substituents is 1. The summed E-state index contributed by atoms with van der Waals surface area (Å²) in [4.78, 5) is 21.8. The van der Waals surface area contributed by atoms with E-state index in [0.717, 1.165) is 61.8 Å². The first-order valence-electron chi connectivity index (χ1n) is 19.2. The first kappa shape index (κ1) is 39.1. The van der Waals surface area contributed by atoms with Crippen LogP contribution in [0.4, 0.5) is 22.7 Å². The molecule has 2 saturated carbocycles. The summed E-state index contributed by atoms with van der Waals surface area (Å²) in [6.07, 6.45) is 6.12. The van der Waals surface area contributed by atoms with Crippen molar-refractivity contribution in [2.45, 2.75) is 88.0 Å². The van der Waals surface area contributed by atoms with E-state index in [-0.39, 0.29) is 42.5 Å². The van der Waals surface area contributed by atoms with E-state index in [2.05, 4.69) is 10.2 Å². The van der Waals surface area contributed by atoms with Gasteiger partial charge in [-0.2, -0.15) is 5.11 Å². The number of benzene rings is 4. The maximum atomic E-state index is 12.0. The first-order chi connectivity index (χ1) is 27.3. The van der Waals surface area contributed by atoms with Crippen molar-refractivity contribution in [1.29, 1.82) is 0 Å². The molecule has 3 aliphatic rings. The Morgan fingerprint density at radius 2 is 1.18 bits per heavy atom. The molecule has 1 N–H and O–H groups in total. The maximum Gasteiger partial charge on any atom is 0.303 e. The number of non-ortho nitro benzene ring substituents is 1. The minimum atomic E-state index is -0.833. The van der Waals surface area contributed by atoms with E-state index in [1.165, 1.54) is 6.07 Å². The zero-order chi connectivity index (χ0) is 39.0. The molecule has 0 amide bonds. The summed E-state index contributed by atoms with van der Waals surface area (Å²) in [5, 5.41) is 43.7. The molecule has 2 aliphatic carbocycles. The van der Waals surface area contributed by atoms with E-state index in [4.69, 9.17) is 23.7 Å². The summed E-state index contributed by atoms with van der Waals surface area (Å²) >= 11 is 0. The van der Waals surface area contributed by atoms with Crippen LogP contribution in [0.1, 0.15) is 73.6 Å². The van der Waals surface area contributed by atoms with E-state index >= 15 is 0 Å². The van der Waals surface area contributed by atoms with Gasteiger partial charge < -0.3 is 28.8 Å². The van der Waals surface area contributed by atoms with Crippen molar-refractivity contribution in [3.8, 4) is 5.75 Å². The fourth-order valence-corrected chi connectivity index (χ4v) is 8.26. The Kier molecular flexibility index (Phi) is 12.4. The van der Waals surface area contributed by atoms with Gasteiger partial charge in [-0.15, -0.1) is 5.11 Å². The SMILES string of the molecule is O=[N+]([O-])c1ccc(N=Nc2cc3c(O)c(c2)CO[C@]2(c4ccccc4)CCCC[C@@H]2OCCOCCO[C@H]2CCCC[C@@]2(c2ccccc2)OC3)c([N+](=O)[O-])c1. The van der Waals surface area contributed by atoms with Crippen LogP contribution in [0.5, 0.6) is 5.75 Å². The lowest BCUT2D eigenvalue weighted by Gasteiger charge is -2.44. The van der Waals surface area contributed by atoms with E-state index in [1.807, 2.05) is 60.7 Å². The number of nitro groups is 2. The molecule has 4 aromatic carbocycles. The molecule has 0 unspecified atom stereocenters.